The van der Waals surface area contributed by atoms with Crippen LogP contribution in [0.15, 0.2) is 53.7 Å². The second kappa shape index (κ2) is 8.63. The number of fused-ring (bicyclic) bond motifs is 1. The van der Waals surface area contributed by atoms with E-state index in [1.54, 1.807) is 0 Å². The van der Waals surface area contributed by atoms with Crippen molar-refractivity contribution in [1.82, 2.24) is 19.7 Å². The predicted octanol–water partition coefficient (Wildman–Crippen LogP) is 4.16. The van der Waals surface area contributed by atoms with Crippen molar-refractivity contribution < 1.29 is 14.3 Å². The Bertz CT molecular complexity index is 1090. The van der Waals surface area contributed by atoms with Gasteiger partial charge in [-0.3, -0.25) is 9.36 Å². The van der Waals surface area contributed by atoms with Gasteiger partial charge in [0, 0.05) is 23.8 Å². The molecule has 2 aliphatic heterocycles. The van der Waals surface area contributed by atoms with Gasteiger partial charge < -0.3 is 14.4 Å². The lowest BCUT2D eigenvalue weighted by Crippen LogP contribution is -2.42. The topological polar surface area (TPSA) is 69.5 Å². The van der Waals surface area contributed by atoms with Crippen LogP contribution in [0.4, 0.5) is 0 Å². The molecule has 1 atom stereocenters. The third-order valence-electron chi connectivity index (χ3n) is 5.73. The van der Waals surface area contributed by atoms with Crippen molar-refractivity contribution in [3.05, 3.63) is 48.5 Å². The molecule has 0 aliphatic carbocycles. The molecule has 1 unspecified atom stereocenters. The Morgan fingerprint density at radius 2 is 1.94 bits per heavy atom. The number of aromatic nitrogens is 3. The normalized spacial score (nSPS) is 17.7. The Morgan fingerprint density at radius 3 is 2.77 bits per heavy atom. The van der Waals surface area contributed by atoms with E-state index in [0.29, 0.717) is 28.5 Å². The van der Waals surface area contributed by atoms with E-state index in [4.69, 9.17) is 9.47 Å². The summed E-state index contributed by atoms with van der Waals surface area (Å²) in [5.74, 6) is 2.63. The van der Waals surface area contributed by atoms with Gasteiger partial charge in [-0.2, -0.15) is 0 Å². The minimum Gasteiger partial charge on any atom is -0.454 e. The summed E-state index contributed by atoms with van der Waals surface area (Å²) in [7, 11) is 0. The van der Waals surface area contributed by atoms with Crippen LogP contribution in [-0.2, 0) is 4.79 Å². The smallest absolute Gasteiger partial charge is 0.233 e. The number of ether oxygens (including phenoxy) is 2. The summed E-state index contributed by atoms with van der Waals surface area (Å²) in [5.41, 5.74) is 1.82. The summed E-state index contributed by atoms with van der Waals surface area (Å²) >= 11 is 1.43. The number of benzene rings is 2. The maximum absolute atomic E-state index is 12.9. The number of thioether (sulfide) groups is 1. The van der Waals surface area contributed by atoms with Crippen LogP contribution in [0.25, 0.3) is 17.1 Å². The molecule has 0 spiro atoms. The zero-order valence-corrected chi connectivity index (χ0v) is 18.2. The molecule has 0 saturated carbocycles. The van der Waals surface area contributed by atoms with E-state index < -0.39 is 0 Å². The lowest BCUT2D eigenvalue weighted by molar-refractivity contribution is -0.131. The number of rotatable bonds is 5. The van der Waals surface area contributed by atoms with E-state index in [0.717, 1.165) is 36.4 Å². The average Bonchev–Trinajstić information content (AvgIpc) is 3.44. The first kappa shape index (κ1) is 19.9. The van der Waals surface area contributed by atoms with Crippen LogP contribution in [0, 0.1) is 0 Å². The standard InChI is InChI=1S/C23H24N4O3S/c1-16-7-5-6-12-26(16)21(28)14-31-23-25-24-22(27(23)18-8-3-2-4-9-18)17-10-11-19-20(13-17)30-15-29-19/h2-4,8-11,13,16H,5-7,12,14-15H2,1H3. The number of likely N-dealkylation sites (tertiary alicyclic amines) is 1. The molecule has 8 heteroatoms. The zero-order valence-electron chi connectivity index (χ0n) is 17.4. The summed E-state index contributed by atoms with van der Waals surface area (Å²) in [5, 5.41) is 9.59. The molecule has 3 heterocycles. The molecule has 3 aromatic rings. The van der Waals surface area contributed by atoms with E-state index in [9.17, 15) is 4.79 Å². The van der Waals surface area contributed by atoms with Crippen LogP contribution in [0.3, 0.4) is 0 Å². The fraction of sp³-hybridized carbons (Fsp3) is 0.348. The number of carbonyl (C=O) groups excluding carboxylic acids is 1. The number of carbonyl (C=O) groups is 1. The second-order valence-corrected chi connectivity index (χ2v) is 8.71. The molecule has 2 aliphatic rings. The van der Waals surface area contributed by atoms with E-state index in [2.05, 4.69) is 17.1 Å². The van der Waals surface area contributed by atoms with Gasteiger partial charge in [-0.05, 0) is 56.5 Å². The number of hydrogen-bond donors (Lipinski definition) is 0. The van der Waals surface area contributed by atoms with Crippen molar-refractivity contribution in [1.29, 1.82) is 0 Å². The maximum Gasteiger partial charge on any atom is 0.233 e. The highest BCUT2D eigenvalue weighted by atomic mass is 32.2. The minimum absolute atomic E-state index is 0.157. The molecule has 1 saturated heterocycles. The molecule has 160 valence electrons. The first-order valence-electron chi connectivity index (χ1n) is 10.5. The number of amides is 1. The summed E-state index contributed by atoms with van der Waals surface area (Å²) in [6.07, 6.45) is 3.35. The lowest BCUT2D eigenvalue weighted by atomic mass is 10.0. The highest BCUT2D eigenvalue weighted by molar-refractivity contribution is 7.99. The first-order valence-corrected chi connectivity index (χ1v) is 11.5. The van der Waals surface area contributed by atoms with Crippen LogP contribution in [0.2, 0.25) is 0 Å². The van der Waals surface area contributed by atoms with Crippen LogP contribution in [-0.4, -0.2) is 50.7 Å². The van der Waals surface area contributed by atoms with Gasteiger partial charge in [0.2, 0.25) is 12.7 Å². The van der Waals surface area contributed by atoms with Crippen molar-refractivity contribution in [3.8, 4) is 28.6 Å². The van der Waals surface area contributed by atoms with Crippen molar-refractivity contribution in [3.63, 3.8) is 0 Å². The van der Waals surface area contributed by atoms with Gasteiger partial charge >= 0.3 is 0 Å². The van der Waals surface area contributed by atoms with Gasteiger partial charge in [-0.25, -0.2) is 0 Å². The molecule has 0 N–H and O–H groups in total. The summed E-state index contributed by atoms with van der Waals surface area (Å²) in [6, 6.07) is 16.0. The molecule has 2 aromatic carbocycles. The molecule has 31 heavy (non-hydrogen) atoms. The Hall–Kier alpha value is -3.00. The van der Waals surface area contributed by atoms with Crippen LogP contribution < -0.4 is 9.47 Å². The maximum atomic E-state index is 12.9. The zero-order chi connectivity index (χ0) is 21.2. The van der Waals surface area contributed by atoms with Crippen LogP contribution in [0.5, 0.6) is 11.5 Å². The van der Waals surface area contributed by atoms with Crippen molar-refractivity contribution in [2.45, 2.75) is 37.4 Å². The monoisotopic (exact) mass is 436 g/mol. The highest BCUT2D eigenvalue weighted by Gasteiger charge is 2.25. The van der Waals surface area contributed by atoms with E-state index in [1.165, 1.54) is 18.2 Å². The molecule has 5 rings (SSSR count). The summed E-state index contributed by atoms with van der Waals surface area (Å²) in [6.45, 7) is 3.20. The fourth-order valence-corrected chi connectivity index (χ4v) is 4.91. The SMILES string of the molecule is CC1CCCCN1C(=O)CSc1nnc(-c2ccc3c(c2)OCO3)n1-c1ccccc1. The van der Waals surface area contributed by atoms with Gasteiger partial charge in [0.05, 0.1) is 5.75 Å². The van der Waals surface area contributed by atoms with Gasteiger partial charge in [0.1, 0.15) is 0 Å². The van der Waals surface area contributed by atoms with Crippen molar-refractivity contribution in [2.24, 2.45) is 0 Å². The van der Waals surface area contributed by atoms with Crippen LogP contribution in [0.1, 0.15) is 26.2 Å². The van der Waals surface area contributed by atoms with Gasteiger partial charge in [-0.1, -0.05) is 30.0 Å². The molecular formula is C23H24N4O3S. The lowest BCUT2D eigenvalue weighted by Gasteiger charge is -2.33. The Morgan fingerprint density at radius 1 is 1.10 bits per heavy atom. The van der Waals surface area contributed by atoms with Crippen LogP contribution >= 0.6 is 11.8 Å². The molecular weight excluding hydrogens is 412 g/mol. The summed E-state index contributed by atoms with van der Waals surface area (Å²) in [4.78, 5) is 14.9. The molecule has 1 aromatic heterocycles. The van der Waals surface area contributed by atoms with Gasteiger partial charge in [-0.15, -0.1) is 10.2 Å². The number of para-hydroxylation sites is 1. The number of nitrogens with zero attached hydrogens (tertiary/aromatic N) is 4. The Balaban J connectivity index is 1.45. The third kappa shape index (κ3) is 3.99. The molecule has 0 bridgehead atoms. The molecule has 7 nitrogen and oxygen atoms in total. The predicted molar refractivity (Wildman–Crippen MR) is 119 cm³/mol. The van der Waals surface area contributed by atoms with Gasteiger partial charge in [0.15, 0.2) is 22.5 Å². The highest BCUT2D eigenvalue weighted by Crippen LogP contribution is 2.37. The quantitative estimate of drug-likeness (QED) is 0.560. The largest absolute Gasteiger partial charge is 0.454 e. The molecule has 1 fully saturated rings. The van der Waals surface area contributed by atoms with E-state index >= 15 is 0 Å². The van der Waals surface area contributed by atoms with Gasteiger partial charge in [0.25, 0.3) is 0 Å². The number of hydrogen-bond acceptors (Lipinski definition) is 6. The average molecular weight is 437 g/mol. The molecule has 0 radical (unpaired) electrons. The summed E-state index contributed by atoms with van der Waals surface area (Å²) < 4.78 is 13.0. The van der Waals surface area contributed by atoms with Crippen molar-refractivity contribution in [2.75, 3.05) is 19.1 Å². The number of piperidine rings is 1. The fourth-order valence-electron chi connectivity index (χ4n) is 4.07. The Kier molecular flexibility index (Phi) is 5.55. The molecule has 1 amide bonds. The first-order chi connectivity index (χ1) is 15.2. The third-order valence-corrected chi connectivity index (χ3v) is 6.64. The van der Waals surface area contributed by atoms with E-state index in [-0.39, 0.29) is 12.7 Å². The van der Waals surface area contributed by atoms with Crippen molar-refractivity contribution >= 4 is 17.7 Å². The Labute approximate surface area is 185 Å². The second-order valence-electron chi connectivity index (χ2n) is 7.77. The minimum atomic E-state index is 0.157. The van der Waals surface area contributed by atoms with E-state index in [1.807, 2.05) is 58.0 Å².